The molecule has 1 aliphatic heterocycles. The largest absolute Gasteiger partial charge is 0.493 e. The summed E-state index contributed by atoms with van der Waals surface area (Å²) in [6.07, 6.45) is 2.57. The molecule has 0 unspecified atom stereocenters. The number of thioether (sulfide) groups is 1. The van der Waals surface area contributed by atoms with Crippen LogP contribution >= 0.6 is 23.4 Å². The average Bonchev–Trinajstić information content (AvgIpc) is 3.24. The Morgan fingerprint density at radius 2 is 1.85 bits per heavy atom. The van der Waals surface area contributed by atoms with Gasteiger partial charge < -0.3 is 14.4 Å². The summed E-state index contributed by atoms with van der Waals surface area (Å²) in [6.45, 7) is 5.59. The number of fused-ring (bicyclic) bond motifs is 1. The first-order valence-corrected chi connectivity index (χ1v) is 11.8. The summed E-state index contributed by atoms with van der Waals surface area (Å²) in [4.78, 5) is 14.9. The molecule has 2 heterocycles. The lowest BCUT2D eigenvalue weighted by Crippen LogP contribution is -2.37. The van der Waals surface area contributed by atoms with Gasteiger partial charge in [-0.05, 0) is 53.9 Å². The summed E-state index contributed by atoms with van der Waals surface area (Å²) in [5.74, 6) is 2.44. The van der Waals surface area contributed by atoms with Crippen molar-refractivity contribution in [1.82, 2.24) is 19.7 Å². The van der Waals surface area contributed by atoms with Crippen molar-refractivity contribution in [3.63, 3.8) is 0 Å². The number of methoxy groups -OCH3 is 2. The van der Waals surface area contributed by atoms with Gasteiger partial charge in [0.25, 0.3) is 0 Å². The molecule has 3 aromatic rings. The zero-order valence-corrected chi connectivity index (χ0v) is 20.2. The topological polar surface area (TPSA) is 69.5 Å². The first-order chi connectivity index (χ1) is 16.0. The van der Waals surface area contributed by atoms with Crippen LogP contribution in [-0.4, -0.2) is 52.1 Å². The van der Waals surface area contributed by atoms with Gasteiger partial charge in [0.05, 0.1) is 20.0 Å². The summed E-state index contributed by atoms with van der Waals surface area (Å²) in [6, 6.07) is 11.4. The molecule has 0 atom stereocenters. The average molecular weight is 485 g/mol. The second kappa shape index (κ2) is 10.3. The molecule has 172 valence electrons. The molecule has 33 heavy (non-hydrogen) atoms. The van der Waals surface area contributed by atoms with E-state index in [1.54, 1.807) is 20.3 Å². The maximum atomic E-state index is 13.0. The van der Waals surface area contributed by atoms with Gasteiger partial charge in [0.2, 0.25) is 5.91 Å². The fourth-order valence-corrected chi connectivity index (χ4v) is 4.79. The highest BCUT2D eigenvalue weighted by Gasteiger charge is 2.24. The van der Waals surface area contributed by atoms with Crippen LogP contribution in [0.25, 0.3) is 11.4 Å². The number of rotatable bonds is 8. The number of allylic oxidation sites excluding steroid dienone is 1. The number of amides is 1. The smallest absolute Gasteiger partial charge is 0.233 e. The van der Waals surface area contributed by atoms with E-state index in [0.717, 1.165) is 23.4 Å². The lowest BCUT2D eigenvalue weighted by atomic mass is 9.99. The predicted molar refractivity (Wildman–Crippen MR) is 130 cm³/mol. The Hall–Kier alpha value is -2.97. The van der Waals surface area contributed by atoms with E-state index in [2.05, 4.69) is 16.8 Å². The van der Waals surface area contributed by atoms with E-state index in [1.807, 2.05) is 45.9 Å². The third-order valence-corrected chi connectivity index (χ3v) is 6.73. The molecule has 0 N–H and O–H groups in total. The number of carbonyl (C=O) groups excluding carboxylic acids is 1. The molecule has 0 spiro atoms. The SMILES string of the molecule is C=CCn1c(SCC(=O)N2CCc3cc(OC)c(OC)cc3C2)nnc1-c1ccc(Cl)cc1. The number of carbonyl (C=O) groups is 1. The number of nitrogens with zero attached hydrogens (tertiary/aromatic N) is 4. The van der Waals surface area contributed by atoms with Crippen LogP contribution in [0, 0.1) is 0 Å². The first-order valence-electron chi connectivity index (χ1n) is 10.5. The van der Waals surface area contributed by atoms with Crippen LogP contribution in [0.15, 0.2) is 54.2 Å². The van der Waals surface area contributed by atoms with Crippen LogP contribution < -0.4 is 9.47 Å². The van der Waals surface area contributed by atoms with E-state index in [4.69, 9.17) is 21.1 Å². The predicted octanol–water partition coefficient (Wildman–Crippen LogP) is 4.48. The lowest BCUT2D eigenvalue weighted by Gasteiger charge is -2.29. The lowest BCUT2D eigenvalue weighted by molar-refractivity contribution is -0.129. The Bertz CT molecular complexity index is 1160. The van der Waals surface area contributed by atoms with Crippen molar-refractivity contribution >= 4 is 29.3 Å². The Labute approximate surface area is 202 Å². The van der Waals surface area contributed by atoms with Crippen molar-refractivity contribution in [2.24, 2.45) is 0 Å². The van der Waals surface area contributed by atoms with Crippen LogP contribution in [0.3, 0.4) is 0 Å². The molecule has 1 amide bonds. The maximum absolute atomic E-state index is 13.0. The zero-order valence-electron chi connectivity index (χ0n) is 18.6. The van der Waals surface area contributed by atoms with E-state index >= 15 is 0 Å². The van der Waals surface area contributed by atoms with Gasteiger partial charge in [-0.1, -0.05) is 29.4 Å². The van der Waals surface area contributed by atoms with Crippen molar-refractivity contribution in [2.45, 2.75) is 24.7 Å². The molecule has 7 nitrogen and oxygen atoms in total. The zero-order chi connectivity index (χ0) is 23.4. The molecule has 0 aliphatic carbocycles. The number of hydrogen-bond acceptors (Lipinski definition) is 6. The van der Waals surface area contributed by atoms with Gasteiger partial charge in [0.15, 0.2) is 22.5 Å². The first kappa shape index (κ1) is 23.2. The normalized spacial score (nSPS) is 12.9. The Balaban J connectivity index is 1.46. The summed E-state index contributed by atoms with van der Waals surface area (Å²) in [7, 11) is 3.24. The molecular weight excluding hydrogens is 460 g/mol. The molecule has 4 rings (SSSR count). The fraction of sp³-hybridized carbons (Fsp3) is 0.292. The third-order valence-electron chi connectivity index (χ3n) is 5.53. The third kappa shape index (κ3) is 5.02. The Kier molecular flexibility index (Phi) is 7.25. The van der Waals surface area contributed by atoms with Crippen molar-refractivity contribution in [3.8, 4) is 22.9 Å². The number of ether oxygens (including phenoxy) is 2. The maximum Gasteiger partial charge on any atom is 0.233 e. The number of benzene rings is 2. The van der Waals surface area contributed by atoms with E-state index < -0.39 is 0 Å². The van der Waals surface area contributed by atoms with Crippen molar-refractivity contribution in [3.05, 3.63) is 65.2 Å². The molecule has 9 heteroatoms. The Morgan fingerprint density at radius 3 is 2.52 bits per heavy atom. The van der Waals surface area contributed by atoms with Crippen LogP contribution in [0.2, 0.25) is 5.02 Å². The van der Waals surface area contributed by atoms with Crippen LogP contribution in [0.4, 0.5) is 0 Å². The van der Waals surface area contributed by atoms with E-state index in [-0.39, 0.29) is 11.7 Å². The highest BCUT2D eigenvalue weighted by molar-refractivity contribution is 7.99. The second-order valence-corrected chi connectivity index (χ2v) is 8.92. The van der Waals surface area contributed by atoms with Gasteiger partial charge in [-0.2, -0.15) is 0 Å². The van der Waals surface area contributed by atoms with Gasteiger partial charge in [0, 0.05) is 30.2 Å². The fourth-order valence-electron chi connectivity index (χ4n) is 3.82. The van der Waals surface area contributed by atoms with Gasteiger partial charge in [-0.15, -0.1) is 16.8 Å². The van der Waals surface area contributed by atoms with Crippen LogP contribution in [-0.2, 0) is 24.3 Å². The molecular formula is C24H25ClN4O3S. The number of aromatic nitrogens is 3. The van der Waals surface area contributed by atoms with Crippen LogP contribution in [0.5, 0.6) is 11.5 Å². The van der Waals surface area contributed by atoms with E-state index in [0.29, 0.717) is 41.3 Å². The molecule has 0 radical (unpaired) electrons. The summed E-state index contributed by atoms with van der Waals surface area (Å²) in [5.41, 5.74) is 3.17. The molecule has 1 aromatic heterocycles. The molecule has 0 saturated carbocycles. The van der Waals surface area contributed by atoms with Crippen molar-refractivity contribution in [2.75, 3.05) is 26.5 Å². The molecule has 2 aromatic carbocycles. The highest BCUT2D eigenvalue weighted by atomic mass is 35.5. The molecule has 1 aliphatic rings. The molecule has 0 saturated heterocycles. The Morgan fingerprint density at radius 1 is 1.15 bits per heavy atom. The summed E-state index contributed by atoms with van der Waals surface area (Å²) >= 11 is 7.39. The van der Waals surface area contributed by atoms with Crippen LogP contribution in [0.1, 0.15) is 11.1 Å². The van der Waals surface area contributed by atoms with Gasteiger partial charge >= 0.3 is 0 Å². The van der Waals surface area contributed by atoms with Crippen molar-refractivity contribution < 1.29 is 14.3 Å². The minimum absolute atomic E-state index is 0.0571. The van der Waals surface area contributed by atoms with Crippen molar-refractivity contribution in [1.29, 1.82) is 0 Å². The van der Waals surface area contributed by atoms with Gasteiger partial charge in [-0.25, -0.2) is 0 Å². The minimum atomic E-state index is 0.0571. The van der Waals surface area contributed by atoms with E-state index in [1.165, 1.54) is 17.3 Å². The monoisotopic (exact) mass is 484 g/mol. The highest BCUT2D eigenvalue weighted by Crippen LogP contribution is 2.33. The quantitative estimate of drug-likeness (QED) is 0.347. The second-order valence-electron chi connectivity index (χ2n) is 7.54. The summed E-state index contributed by atoms with van der Waals surface area (Å²) in [5, 5.41) is 10.0. The minimum Gasteiger partial charge on any atom is -0.493 e. The standard InChI is InChI=1S/C24H25ClN4O3S/c1-4-10-29-23(16-5-7-19(25)8-6-16)26-27-24(29)33-15-22(30)28-11-9-17-12-20(31-2)21(32-3)13-18(17)14-28/h4-8,12-13H,1,9-11,14-15H2,2-3H3. The number of halogens is 1. The van der Waals surface area contributed by atoms with E-state index in [9.17, 15) is 4.79 Å². The molecule has 0 bridgehead atoms. The van der Waals surface area contributed by atoms with Gasteiger partial charge in [0.1, 0.15) is 0 Å². The summed E-state index contributed by atoms with van der Waals surface area (Å²) < 4.78 is 12.8. The van der Waals surface area contributed by atoms with Gasteiger partial charge in [-0.3, -0.25) is 9.36 Å². The number of hydrogen-bond donors (Lipinski definition) is 0. The molecule has 0 fully saturated rings.